The maximum absolute atomic E-state index is 4.97. The summed E-state index contributed by atoms with van der Waals surface area (Å²) < 4.78 is 2.76. The third-order valence-corrected chi connectivity index (χ3v) is 7.16. The zero-order valence-electron chi connectivity index (χ0n) is 16.1. The van der Waals surface area contributed by atoms with Gasteiger partial charge in [-0.15, -0.1) is 0 Å². The van der Waals surface area contributed by atoms with E-state index < -0.39 is 0 Å². The molecule has 26 heavy (non-hydrogen) atoms. The molecule has 2 aromatic heterocycles. The molecule has 0 aliphatic rings. The zero-order valence-corrected chi connectivity index (χ0v) is 17.8. The summed E-state index contributed by atoms with van der Waals surface area (Å²) in [4.78, 5) is 9.61. The Hall–Kier alpha value is -1.96. The van der Waals surface area contributed by atoms with Crippen molar-refractivity contribution in [1.29, 1.82) is 0 Å². The Balaban J connectivity index is 1.86. The number of hydrogen-bond acceptors (Lipinski definition) is 2. The molecule has 4 rings (SSSR count). The summed E-state index contributed by atoms with van der Waals surface area (Å²) in [6.45, 7) is 11.2. The van der Waals surface area contributed by atoms with Gasteiger partial charge in [0.05, 0.1) is 0 Å². The molecule has 0 spiro atoms. The fraction of sp³-hybridized carbons (Fsp3) is 0.304. The first kappa shape index (κ1) is 17.5. The van der Waals surface area contributed by atoms with Gasteiger partial charge in [0.2, 0.25) is 0 Å². The topological polar surface area (TPSA) is 25.8 Å². The van der Waals surface area contributed by atoms with Crippen LogP contribution < -0.4 is 0 Å². The quantitative estimate of drug-likeness (QED) is 0.314. The predicted molar refractivity (Wildman–Crippen MR) is 112 cm³/mol. The van der Waals surface area contributed by atoms with E-state index in [0.717, 1.165) is 23.1 Å². The van der Waals surface area contributed by atoms with E-state index in [0.29, 0.717) is 19.9 Å². The maximum atomic E-state index is 4.97. The van der Waals surface area contributed by atoms with E-state index in [1.165, 1.54) is 30.8 Å². The fourth-order valence-corrected chi connectivity index (χ4v) is 5.44. The average Bonchev–Trinajstić information content (AvgIpc) is 2.91. The third-order valence-electron chi connectivity index (χ3n) is 4.75. The van der Waals surface area contributed by atoms with Gasteiger partial charge in [-0.3, -0.25) is 0 Å². The van der Waals surface area contributed by atoms with Crippen molar-refractivity contribution in [2.75, 3.05) is 0 Å². The molecule has 0 saturated heterocycles. The van der Waals surface area contributed by atoms with E-state index in [1.54, 1.807) is 0 Å². The van der Waals surface area contributed by atoms with Crippen LogP contribution in [0.5, 0.6) is 0 Å². The minimum atomic E-state index is 0.291. The molecule has 4 aromatic rings. The van der Waals surface area contributed by atoms with Crippen molar-refractivity contribution >= 4 is 36.2 Å². The Morgan fingerprint density at radius 2 is 1.73 bits per heavy atom. The second-order valence-corrected chi connectivity index (χ2v) is 11.0. The first-order valence-electron chi connectivity index (χ1n) is 9.06. The summed E-state index contributed by atoms with van der Waals surface area (Å²) >= 11 is 0.349. The number of nitrogens with zero attached hydrogens (tertiary/aromatic N) is 2. The number of rotatable bonds is 2. The third kappa shape index (κ3) is 3.34. The molecule has 0 atom stereocenters. The van der Waals surface area contributed by atoms with Crippen molar-refractivity contribution in [3.63, 3.8) is 0 Å². The Kier molecular flexibility index (Phi) is 4.25. The van der Waals surface area contributed by atoms with E-state index in [2.05, 4.69) is 76.0 Å². The molecule has 0 aliphatic heterocycles. The van der Waals surface area contributed by atoms with Crippen LogP contribution in [0.2, 0.25) is 0 Å². The van der Waals surface area contributed by atoms with Crippen molar-refractivity contribution in [3.8, 4) is 10.3 Å². The van der Waals surface area contributed by atoms with Gasteiger partial charge in [0.15, 0.2) is 0 Å². The molecule has 2 heterocycles. The molecule has 132 valence electrons. The van der Waals surface area contributed by atoms with Gasteiger partial charge in [-0.05, 0) is 0 Å². The van der Waals surface area contributed by atoms with Gasteiger partial charge >= 0.3 is 161 Å². The summed E-state index contributed by atoms with van der Waals surface area (Å²) in [7, 11) is 0. The van der Waals surface area contributed by atoms with E-state index in [-0.39, 0.29) is 0 Å². The SMILES string of the molecule is Cc1cc(-c2ncc3ccc4cc(CC(C)(C)C)ccc4c3n2)[se]c1C. The number of hydrogen-bond donors (Lipinski definition) is 0. The first-order chi connectivity index (χ1) is 12.3. The van der Waals surface area contributed by atoms with Crippen LogP contribution in [-0.2, 0) is 6.42 Å². The van der Waals surface area contributed by atoms with Crippen LogP contribution in [0.3, 0.4) is 0 Å². The normalized spacial score (nSPS) is 12.2. The van der Waals surface area contributed by atoms with Crippen molar-refractivity contribution < 1.29 is 0 Å². The van der Waals surface area contributed by atoms with E-state index in [9.17, 15) is 0 Å². The van der Waals surface area contributed by atoms with E-state index >= 15 is 0 Å². The molecule has 0 unspecified atom stereocenters. The number of aryl methyl sites for hydroxylation is 2. The van der Waals surface area contributed by atoms with Crippen LogP contribution in [0.4, 0.5) is 0 Å². The molecular formula is C23H24N2Se. The summed E-state index contributed by atoms with van der Waals surface area (Å²) in [5, 5.41) is 3.59. The van der Waals surface area contributed by atoms with Crippen molar-refractivity contribution in [3.05, 3.63) is 58.2 Å². The minimum absolute atomic E-state index is 0.291. The average molecular weight is 407 g/mol. The van der Waals surface area contributed by atoms with Gasteiger partial charge in [0, 0.05) is 0 Å². The van der Waals surface area contributed by atoms with Gasteiger partial charge in [-0.1, -0.05) is 0 Å². The van der Waals surface area contributed by atoms with Crippen molar-refractivity contribution in [2.45, 2.75) is 41.0 Å². The molecule has 0 bridgehead atoms. The van der Waals surface area contributed by atoms with Gasteiger partial charge in [0.1, 0.15) is 0 Å². The molecule has 0 aliphatic carbocycles. The van der Waals surface area contributed by atoms with Crippen LogP contribution in [0.1, 0.15) is 36.3 Å². The molecule has 2 nitrogen and oxygen atoms in total. The van der Waals surface area contributed by atoms with Gasteiger partial charge < -0.3 is 0 Å². The number of fused-ring (bicyclic) bond motifs is 3. The van der Waals surface area contributed by atoms with E-state index in [4.69, 9.17) is 4.98 Å². The van der Waals surface area contributed by atoms with Crippen LogP contribution in [0.15, 0.2) is 42.6 Å². The Morgan fingerprint density at radius 3 is 2.42 bits per heavy atom. The summed E-state index contributed by atoms with van der Waals surface area (Å²) in [6, 6.07) is 13.4. The zero-order chi connectivity index (χ0) is 18.5. The van der Waals surface area contributed by atoms with Crippen LogP contribution in [0, 0.1) is 19.3 Å². The standard InChI is InChI=1S/C23H24N2Se/c1-14-10-20(26-15(14)2)22-24-13-18-8-7-17-11-16(12-23(3,4)5)6-9-19(17)21(18)25-22/h6-11,13H,12H2,1-5H3. The molecule has 0 saturated carbocycles. The number of benzene rings is 2. The van der Waals surface area contributed by atoms with Crippen molar-refractivity contribution in [1.82, 2.24) is 9.97 Å². The predicted octanol–water partition coefficient (Wildman–Crippen LogP) is 5.71. The van der Waals surface area contributed by atoms with Gasteiger partial charge in [-0.25, -0.2) is 0 Å². The summed E-state index contributed by atoms with van der Waals surface area (Å²) in [5.74, 6) is 0.889. The first-order valence-corrected chi connectivity index (χ1v) is 10.8. The fourth-order valence-electron chi connectivity index (χ4n) is 3.40. The monoisotopic (exact) mass is 408 g/mol. The molecule has 0 N–H and O–H groups in total. The number of aromatic nitrogens is 2. The molecular weight excluding hydrogens is 383 g/mol. The van der Waals surface area contributed by atoms with Crippen LogP contribution in [-0.4, -0.2) is 24.5 Å². The molecule has 0 radical (unpaired) electrons. The molecule has 3 heteroatoms. The van der Waals surface area contributed by atoms with E-state index in [1.807, 2.05) is 6.20 Å². The summed E-state index contributed by atoms with van der Waals surface area (Å²) in [5.41, 5.74) is 4.11. The summed E-state index contributed by atoms with van der Waals surface area (Å²) in [6.07, 6.45) is 3.05. The van der Waals surface area contributed by atoms with Gasteiger partial charge in [-0.2, -0.15) is 0 Å². The molecule has 0 fully saturated rings. The molecule has 0 amide bonds. The second-order valence-electron chi connectivity index (χ2n) is 8.34. The van der Waals surface area contributed by atoms with Gasteiger partial charge in [0.25, 0.3) is 0 Å². The Bertz CT molecular complexity index is 1100. The van der Waals surface area contributed by atoms with Crippen molar-refractivity contribution in [2.24, 2.45) is 5.41 Å². The Labute approximate surface area is 161 Å². The molecule has 2 aromatic carbocycles. The second kappa shape index (κ2) is 6.33. The van der Waals surface area contributed by atoms with Crippen LogP contribution in [0.25, 0.3) is 31.9 Å². The Morgan fingerprint density at radius 1 is 0.962 bits per heavy atom. The van der Waals surface area contributed by atoms with Crippen LogP contribution >= 0.6 is 0 Å².